The van der Waals surface area contributed by atoms with Gasteiger partial charge in [0, 0.05) is 0 Å². The topological polar surface area (TPSA) is 64.7 Å². The van der Waals surface area contributed by atoms with E-state index < -0.39 is 0 Å². The molecule has 0 aromatic heterocycles. The van der Waals surface area contributed by atoms with Crippen LogP contribution in [0.3, 0.4) is 0 Å². The first-order chi connectivity index (χ1) is 9.22. The Labute approximate surface area is 112 Å². The van der Waals surface area contributed by atoms with Gasteiger partial charge in [0.1, 0.15) is 17.2 Å². The second kappa shape index (κ2) is 6.22. The van der Waals surface area contributed by atoms with E-state index in [0.717, 1.165) is 17.1 Å². The summed E-state index contributed by atoms with van der Waals surface area (Å²) in [5, 5.41) is 9.05. The highest BCUT2D eigenvalue weighted by Gasteiger charge is 2.06. The van der Waals surface area contributed by atoms with Crippen LogP contribution in [-0.2, 0) is 0 Å². The average Bonchev–Trinajstić information content (AvgIpc) is 2.47. The summed E-state index contributed by atoms with van der Waals surface area (Å²) in [6, 6.07) is 14.3. The summed E-state index contributed by atoms with van der Waals surface area (Å²) in [7, 11) is 1.62. The molecule has 100 valence electrons. The Morgan fingerprint density at radius 3 is 2.37 bits per heavy atom. The Morgan fingerprint density at radius 2 is 1.74 bits per heavy atom. The van der Waals surface area contributed by atoms with E-state index in [9.17, 15) is 0 Å². The van der Waals surface area contributed by atoms with Gasteiger partial charge in [-0.2, -0.15) is 0 Å². The lowest BCUT2D eigenvalue weighted by atomic mass is 10.1. The van der Waals surface area contributed by atoms with E-state index in [0.29, 0.717) is 5.75 Å². The quantitative estimate of drug-likeness (QED) is 0.865. The zero-order valence-corrected chi connectivity index (χ0v) is 10.7. The summed E-state index contributed by atoms with van der Waals surface area (Å²) in [6.07, 6.45) is 0. The highest BCUT2D eigenvalue weighted by atomic mass is 16.5. The number of benzene rings is 2. The molecule has 19 heavy (non-hydrogen) atoms. The van der Waals surface area contributed by atoms with Crippen LogP contribution in [0.25, 0.3) is 0 Å². The Morgan fingerprint density at radius 1 is 1.05 bits per heavy atom. The molecule has 0 unspecified atom stereocenters. The molecule has 0 bridgehead atoms. The lowest BCUT2D eigenvalue weighted by molar-refractivity contribution is 0.268. The van der Waals surface area contributed by atoms with E-state index in [1.807, 2.05) is 48.5 Å². The fourth-order valence-corrected chi connectivity index (χ4v) is 1.69. The first-order valence-electron chi connectivity index (χ1n) is 6.01. The van der Waals surface area contributed by atoms with Gasteiger partial charge < -0.3 is 20.3 Å². The van der Waals surface area contributed by atoms with Crippen LogP contribution in [0.15, 0.2) is 48.5 Å². The third-order valence-corrected chi connectivity index (χ3v) is 2.78. The van der Waals surface area contributed by atoms with E-state index in [-0.39, 0.29) is 12.6 Å². The molecule has 3 N–H and O–H groups in total. The minimum atomic E-state index is -0.389. The lowest BCUT2D eigenvalue weighted by Crippen LogP contribution is -2.14. The normalized spacial score (nSPS) is 11.9. The fraction of sp³-hybridized carbons (Fsp3) is 0.200. The molecule has 2 aromatic rings. The van der Waals surface area contributed by atoms with Crippen molar-refractivity contribution in [3.63, 3.8) is 0 Å². The van der Waals surface area contributed by atoms with E-state index in [1.165, 1.54) is 0 Å². The van der Waals surface area contributed by atoms with Crippen LogP contribution in [-0.4, -0.2) is 18.8 Å². The summed E-state index contributed by atoms with van der Waals surface area (Å²) < 4.78 is 10.8. The van der Waals surface area contributed by atoms with Gasteiger partial charge in [0.15, 0.2) is 0 Å². The third-order valence-electron chi connectivity index (χ3n) is 2.78. The molecule has 0 aliphatic rings. The van der Waals surface area contributed by atoms with Gasteiger partial charge in [-0.25, -0.2) is 0 Å². The average molecular weight is 259 g/mol. The smallest absolute Gasteiger partial charge is 0.127 e. The fourth-order valence-electron chi connectivity index (χ4n) is 1.69. The highest BCUT2D eigenvalue weighted by Crippen LogP contribution is 2.25. The van der Waals surface area contributed by atoms with Gasteiger partial charge >= 0.3 is 0 Å². The number of rotatable bonds is 5. The maximum atomic E-state index is 9.05. The van der Waals surface area contributed by atoms with Gasteiger partial charge in [-0.15, -0.1) is 0 Å². The minimum absolute atomic E-state index is 0.0913. The molecule has 0 aliphatic carbocycles. The number of hydrogen-bond acceptors (Lipinski definition) is 4. The second-order valence-electron chi connectivity index (χ2n) is 4.14. The van der Waals surface area contributed by atoms with Crippen molar-refractivity contribution in [1.82, 2.24) is 0 Å². The molecule has 0 saturated heterocycles. The first-order valence-corrected chi connectivity index (χ1v) is 6.01. The van der Waals surface area contributed by atoms with Crippen molar-refractivity contribution in [2.75, 3.05) is 13.7 Å². The number of aliphatic hydroxyl groups is 1. The van der Waals surface area contributed by atoms with Crippen LogP contribution >= 0.6 is 0 Å². The van der Waals surface area contributed by atoms with Crippen LogP contribution in [0.4, 0.5) is 0 Å². The van der Waals surface area contributed by atoms with Crippen LogP contribution in [0.2, 0.25) is 0 Å². The Kier molecular flexibility index (Phi) is 4.39. The van der Waals surface area contributed by atoms with Gasteiger partial charge in [-0.05, 0) is 42.0 Å². The third kappa shape index (κ3) is 3.47. The summed E-state index contributed by atoms with van der Waals surface area (Å²) in [5.41, 5.74) is 6.61. The molecule has 4 nitrogen and oxygen atoms in total. The predicted octanol–water partition coefficient (Wildman–Crippen LogP) is 2.48. The van der Waals surface area contributed by atoms with Gasteiger partial charge in [0.05, 0.1) is 19.8 Å². The van der Waals surface area contributed by atoms with Crippen molar-refractivity contribution >= 4 is 0 Å². The zero-order valence-electron chi connectivity index (χ0n) is 10.7. The summed E-state index contributed by atoms with van der Waals surface area (Å²) >= 11 is 0. The molecule has 0 saturated carbocycles. The molecule has 0 fully saturated rings. The van der Waals surface area contributed by atoms with Gasteiger partial charge in [0.2, 0.25) is 0 Å². The number of aliphatic hydroxyl groups excluding tert-OH is 1. The zero-order chi connectivity index (χ0) is 13.7. The standard InChI is InChI=1S/C15H17NO3/c1-18-12-5-7-13(8-6-12)19-14-4-2-3-11(9-14)15(16)10-17/h2-9,15,17H,10,16H2,1H3/t15-/m0/s1. The number of ether oxygens (including phenoxy) is 2. The molecule has 0 radical (unpaired) electrons. The Balaban J connectivity index is 2.13. The monoisotopic (exact) mass is 259 g/mol. The van der Waals surface area contributed by atoms with Crippen LogP contribution in [0.5, 0.6) is 17.2 Å². The van der Waals surface area contributed by atoms with Crippen molar-refractivity contribution in [1.29, 1.82) is 0 Å². The molecule has 0 aliphatic heterocycles. The Bertz CT molecular complexity index is 525. The van der Waals surface area contributed by atoms with Gasteiger partial charge in [-0.3, -0.25) is 0 Å². The van der Waals surface area contributed by atoms with Gasteiger partial charge in [-0.1, -0.05) is 12.1 Å². The molecule has 4 heteroatoms. The van der Waals surface area contributed by atoms with Crippen molar-refractivity contribution < 1.29 is 14.6 Å². The van der Waals surface area contributed by atoms with E-state index in [4.69, 9.17) is 20.3 Å². The van der Waals surface area contributed by atoms with Gasteiger partial charge in [0.25, 0.3) is 0 Å². The molecular weight excluding hydrogens is 242 g/mol. The molecule has 1 atom stereocenters. The van der Waals surface area contributed by atoms with Crippen molar-refractivity contribution in [2.24, 2.45) is 5.73 Å². The van der Waals surface area contributed by atoms with Crippen LogP contribution < -0.4 is 15.2 Å². The largest absolute Gasteiger partial charge is 0.497 e. The molecule has 2 rings (SSSR count). The van der Waals surface area contributed by atoms with Crippen molar-refractivity contribution in [2.45, 2.75) is 6.04 Å². The summed E-state index contributed by atoms with van der Waals surface area (Å²) in [6.45, 7) is -0.0913. The van der Waals surface area contributed by atoms with Crippen LogP contribution in [0, 0.1) is 0 Å². The molecule has 0 spiro atoms. The van der Waals surface area contributed by atoms with Crippen molar-refractivity contribution in [3.8, 4) is 17.2 Å². The number of nitrogens with two attached hydrogens (primary N) is 1. The number of hydrogen-bond donors (Lipinski definition) is 2. The lowest BCUT2D eigenvalue weighted by Gasteiger charge is -2.11. The van der Waals surface area contributed by atoms with E-state index in [2.05, 4.69) is 0 Å². The SMILES string of the molecule is COc1ccc(Oc2cccc([C@@H](N)CO)c2)cc1. The first kappa shape index (κ1) is 13.4. The second-order valence-corrected chi connectivity index (χ2v) is 4.14. The summed E-state index contributed by atoms with van der Waals surface area (Å²) in [4.78, 5) is 0. The predicted molar refractivity (Wildman–Crippen MR) is 73.5 cm³/mol. The summed E-state index contributed by atoms with van der Waals surface area (Å²) in [5.74, 6) is 2.19. The highest BCUT2D eigenvalue weighted by molar-refractivity contribution is 5.37. The maximum absolute atomic E-state index is 9.05. The molecule has 2 aromatic carbocycles. The van der Waals surface area contributed by atoms with Crippen molar-refractivity contribution in [3.05, 3.63) is 54.1 Å². The Hall–Kier alpha value is -2.04. The molecule has 0 heterocycles. The maximum Gasteiger partial charge on any atom is 0.127 e. The minimum Gasteiger partial charge on any atom is -0.497 e. The molecular formula is C15H17NO3. The van der Waals surface area contributed by atoms with Crippen LogP contribution in [0.1, 0.15) is 11.6 Å². The number of methoxy groups -OCH3 is 1. The van der Waals surface area contributed by atoms with E-state index >= 15 is 0 Å². The molecule has 0 amide bonds. The van der Waals surface area contributed by atoms with E-state index in [1.54, 1.807) is 7.11 Å².